The highest BCUT2D eigenvalue weighted by Crippen LogP contribution is 2.26. The molecule has 2 heterocycles. The van der Waals surface area contributed by atoms with Crippen LogP contribution in [0.4, 0.5) is 9.52 Å². The summed E-state index contributed by atoms with van der Waals surface area (Å²) in [5, 5.41) is 8.36. The van der Waals surface area contributed by atoms with Crippen LogP contribution in [-0.4, -0.2) is 11.5 Å². The Balaban J connectivity index is 1.67. The molecular formula is C13H11FN2S2. The highest BCUT2D eigenvalue weighted by Gasteiger charge is 2.04. The van der Waals surface area contributed by atoms with Gasteiger partial charge in [-0.25, -0.2) is 9.37 Å². The predicted octanol–water partition coefficient (Wildman–Crippen LogP) is 4.15. The monoisotopic (exact) mass is 278 g/mol. The molecule has 0 aliphatic rings. The van der Waals surface area contributed by atoms with E-state index in [0.29, 0.717) is 0 Å². The molecule has 1 N–H and O–H groups in total. The molecule has 0 atom stereocenters. The lowest BCUT2D eigenvalue weighted by atomic mass is 10.2. The number of thiophene rings is 1. The van der Waals surface area contributed by atoms with Crippen molar-refractivity contribution in [3.63, 3.8) is 0 Å². The van der Waals surface area contributed by atoms with Crippen molar-refractivity contribution in [3.8, 4) is 0 Å². The number of rotatable bonds is 4. The molecule has 0 spiro atoms. The van der Waals surface area contributed by atoms with Crippen molar-refractivity contribution >= 4 is 38.0 Å². The molecule has 92 valence electrons. The molecule has 0 radical (unpaired) electrons. The summed E-state index contributed by atoms with van der Waals surface area (Å²) in [5.74, 6) is -0.212. The average Bonchev–Trinajstić information content (AvgIpc) is 2.97. The first kappa shape index (κ1) is 11.6. The summed E-state index contributed by atoms with van der Waals surface area (Å²) >= 11 is 3.20. The molecule has 0 fully saturated rings. The topological polar surface area (TPSA) is 24.9 Å². The van der Waals surface area contributed by atoms with E-state index in [4.69, 9.17) is 0 Å². The fraction of sp³-hybridized carbons (Fsp3) is 0.154. The van der Waals surface area contributed by atoms with Gasteiger partial charge in [-0.3, -0.25) is 0 Å². The van der Waals surface area contributed by atoms with Gasteiger partial charge >= 0.3 is 0 Å². The number of benzene rings is 1. The smallest absolute Gasteiger partial charge is 0.183 e. The van der Waals surface area contributed by atoms with Gasteiger partial charge in [0.2, 0.25) is 0 Å². The molecule has 0 saturated carbocycles. The van der Waals surface area contributed by atoms with Gasteiger partial charge in [0.05, 0.1) is 10.2 Å². The maximum absolute atomic E-state index is 13.0. The summed E-state index contributed by atoms with van der Waals surface area (Å²) in [6.07, 6.45) is 0.980. The van der Waals surface area contributed by atoms with Gasteiger partial charge in [0.15, 0.2) is 5.13 Å². The number of fused-ring (bicyclic) bond motifs is 1. The summed E-state index contributed by atoms with van der Waals surface area (Å²) in [6.45, 7) is 0.846. The van der Waals surface area contributed by atoms with Gasteiger partial charge < -0.3 is 5.32 Å². The Kier molecular flexibility index (Phi) is 3.25. The normalized spacial score (nSPS) is 10.9. The van der Waals surface area contributed by atoms with Gasteiger partial charge in [0, 0.05) is 6.54 Å². The molecule has 0 bridgehead atoms. The molecule has 0 saturated heterocycles. The van der Waals surface area contributed by atoms with E-state index in [9.17, 15) is 4.39 Å². The molecule has 3 rings (SSSR count). The third-order valence-electron chi connectivity index (χ3n) is 2.62. The Morgan fingerprint density at radius 1 is 1.28 bits per heavy atom. The zero-order chi connectivity index (χ0) is 12.4. The molecule has 0 unspecified atom stereocenters. The first-order valence-electron chi connectivity index (χ1n) is 5.62. The molecule has 0 aliphatic heterocycles. The Labute approximate surface area is 112 Å². The molecule has 1 aromatic carbocycles. The maximum atomic E-state index is 13.0. The molecule has 5 heteroatoms. The van der Waals surface area contributed by atoms with Gasteiger partial charge in [-0.2, -0.15) is 11.3 Å². The molecule has 2 nitrogen and oxygen atoms in total. The van der Waals surface area contributed by atoms with E-state index in [1.807, 2.05) is 0 Å². The number of thiazole rings is 1. The molecular weight excluding hydrogens is 267 g/mol. The average molecular weight is 278 g/mol. The lowest BCUT2D eigenvalue weighted by Gasteiger charge is -1.99. The van der Waals surface area contributed by atoms with Crippen LogP contribution in [0.3, 0.4) is 0 Å². The Hall–Kier alpha value is -1.46. The van der Waals surface area contributed by atoms with Crippen molar-refractivity contribution in [2.45, 2.75) is 6.42 Å². The van der Waals surface area contributed by atoms with Crippen molar-refractivity contribution in [3.05, 3.63) is 46.4 Å². The number of anilines is 1. The Bertz CT molecular complexity index is 646. The second-order valence-corrected chi connectivity index (χ2v) is 5.75. The van der Waals surface area contributed by atoms with Crippen molar-refractivity contribution < 1.29 is 4.39 Å². The summed E-state index contributed by atoms with van der Waals surface area (Å²) in [7, 11) is 0. The molecule has 0 aliphatic carbocycles. The van der Waals surface area contributed by atoms with Crippen LogP contribution >= 0.6 is 22.7 Å². The van der Waals surface area contributed by atoms with Gasteiger partial charge in [-0.1, -0.05) is 11.3 Å². The molecule has 0 amide bonds. The lowest BCUT2D eigenvalue weighted by Crippen LogP contribution is -2.03. The van der Waals surface area contributed by atoms with Crippen LogP contribution in [0.1, 0.15) is 5.56 Å². The van der Waals surface area contributed by atoms with E-state index in [0.717, 1.165) is 28.3 Å². The van der Waals surface area contributed by atoms with Crippen LogP contribution in [-0.2, 0) is 6.42 Å². The summed E-state index contributed by atoms with van der Waals surface area (Å²) in [4.78, 5) is 4.42. The molecule has 3 aromatic rings. The van der Waals surface area contributed by atoms with Crippen molar-refractivity contribution in [1.29, 1.82) is 0 Å². The minimum absolute atomic E-state index is 0.212. The Morgan fingerprint density at radius 2 is 2.22 bits per heavy atom. The van der Waals surface area contributed by atoms with Gasteiger partial charge in [-0.05, 0) is 47.0 Å². The number of nitrogens with one attached hydrogen (secondary N) is 1. The van der Waals surface area contributed by atoms with E-state index < -0.39 is 0 Å². The minimum Gasteiger partial charge on any atom is -0.361 e. The number of hydrogen-bond donors (Lipinski definition) is 1. The van der Waals surface area contributed by atoms with Gasteiger partial charge in [0.1, 0.15) is 5.82 Å². The van der Waals surface area contributed by atoms with Crippen LogP contribution < -0.4 is 5.32 Å². The van der Waals surface area contributed by atoms with E-state index in [1.165, 1.54) is 29.0 Å². The van der Waals surface area contributed by atoms with Crippen molar-refractivity contribution in [1.82, 2.24) is 4.98 Å². The zero-order valence-corrected chi connectivity index (χ0v) is 11.2. The molecule has 2 aromatic heterocycles. The van der Waals surface area contributed by atoms with Crippen LogP contribution in [0.25, 0.3) is 10.2 Å². The van der Waals surface area contributed by atoms with Crippen LogP contribution in [0.2, 0.25) is 0 Å². The summed E-state index contributed by atoms with van der Waals surface area (Å²) in [6, 6.07) is 6.81. The van der Waals surface area contributed by atoms with Crippen LogP contribution in [0.5, 0.6) is 0 Å². The Morgan fingerprint density at radius 3 is 3.06 bits per heavy atom. The number of halogens is 1. The van der Waals surface area contributed by atoms with Gasteiger partial charge in [-0.15, -0.1) is 0 Å². The number of hydrogen-bond acceptors (Lipinski definition) is 4. The highest BCUT2D eigenvalue weighted by molar-refractivity contribution is 7.22. The zero-order valence-electron chi connectivity index (χ0n) is 9.52. The minimum atomic E-state index is -0.212. The lowest BCUT2D eigenvalue weighted by molar-refractivity contribution is 0.630. The van der Waals surface area contributed by atoms with Crippen molar-refractivity contribution in [2.24, 2.45) is 0 Å². The van der Waals surface area contributed by atoms with Crippen LogP contribution in [0, 0.1) is 5.82 Å². The van der Waals surface area contributed by atoms with E-state index >= 15 is 0 Å². The summed E-state index contributed by atoms with van der Waals surface area (Å²) in [5.41, 5.74) is 2.18. The summed E-state index contributed by atoms with van der Waals surface area (Å²) < 4.78 is 13.9. The largest absolute Gasteiger partial charge is 0.361 e. The quantitative estimate of drug-likeness (QED) is 0.775. The fourth-order valence-corrected chi connectivity index (χ4v) is 3.34. The van der Waals surface area contributed by atoms with Crippen LogP contribution in [0.15, 0.2) is 35.0 Å². The third kappa shape index (κ3) is 2.52. The first-order valence-corrected chi connectivity index (χ1v) is 7.38. The van der Waals surface area contributed by atoms with E-state index in [1.54, 1.807) is 17.4 Å². The van der Waals surface area contributed by atoms with Crippen molar-refractivity contribution in [2.75, 3.05) is 11.9 Å². The van der Waals surface area contributed by atoms with E-state index in [2.05, 4.69) is 27.1 Å². The number of nitrogens with zero attached hydrogens (tertiary/aromatic N) is 1. The molecule has 18 heavy (non-hydrogen) atoms. The van der Waals surface area contributed by atoms with E-state index in [-0.39, 0.29) is 5.82 Å². The SMILES string of the molecule is Fc1ccc2nc(NCCc3ccsc3)sc2c1. The standard InChI is InChI=1S/C13H11FN2S2/c14-10-1-2-11-12(7-10)18-13(16-11)15-5-3-9-4-6-17-8-9/h1-2,4,6-8H,3,5H2,(H,15,16). The first-order chi connectivity index (χ1) is 8.81. The maximum Gasteiger partial charge on any atom is 0.183 e. The number of aromatic nitrogens is 1. The highest BCUT2D eigenvalue weighted by atomic mass is 32.1. The third-order valence-corrected chi connectivity index (χ3v) is 4.33. The predicted molar refractivity (Wildman–Crippen MR) is 76.1 cm³/mol. The van der Waals surface area contributed by atoms with Gasteiger partial charge in [0.25, 0.3) is 0 Å². The second-order valence-electron chi connectivity index (χ2n) is 3.94. The second kappa shape index (κ2) is 5.04. The fourth-order valence-electron chi connectivity index (χ4n) is 1.72.